The lowest BCUT2D eigenvalue weighted by molar-refractivity contribution is 0.0527. The normalized spacial score (nSPS) is 10.5. The van der Waals surface area contributed by atoms with Crippen molar-refractivity contribution in [1.29, 1.82) is 0 Å². The number of amides is 2. The summed E-state index contributed by atoms with van der Waals surface area (Å²) in [4.78, 5) is 40.7. The number of aromatic nitrogens is 2. The SMILES string of the molecule is CCOC(=O)c1cnn(C)c1N(C(=O)c1ccccc1C)C(=O)c1ccccc1C. The van der Waals surface area contributed by atoms with E-state index in [0.29, 0.717) is 22.3 Å². The third-order valence-corrected chi connectivity index (χ3v) is 4.77. The third-order valence-electron chi connectivity index (χ3n) is 4.77. The van der Waals surface area contributed by atoms with E-state index in [1.807, 2.05) is 12.1 Å². The first kappa shape index (κ1) is 21.0. The van der Waals surface area contributed by atoms with Gasteiger partial charge >= 0.3 is 5.97 Å². The number of ether oxygens (including phenoxy) is 1. The number of carbonyl (C=O) groups is 3. The minimum atomic E-state index is -0.652. The molecule has 1 heterocycles. The number of anilines is 1. The highest BCUT2D eigenvalue weighted by Crippen LogP contribution is 2.26. The molecule has 0 aliphatic heterocycles. The van der Waals surface area contributed by atoms with Gasteiger partial charge in [0.25, 0.3) is 11.8 Å². The molecule has 3 aromatic rings. The number of benzene rings is 2. The average molecular weight is 405 g/mol. The molecular formula is C23H23N3O4. The summed E-state index contributed by atoms with van der Waals surface area (Å²) in [7, 11) is 1.57. The van der Waals surface area contributed by atoms with E-state index < -0.39 is 17.8 Å². The summed E-state index contributed by atoms with van der Waals surface area (Å²) < 4.78 is 6.44. The first-order valence-electron chi connectivity index (χ1n) is 9.56. The Morgan fingerprint density at radius 2 is 1.40 bits per heavy atom. The third kappa shape index (κ3) is 3.87. The highest BCUT2D eigenvalue weighted by atomic mass is 16.5. The summed E-state index contributed by atoms with van der Waals surface area (Å²) in [5.74, 6) is -1.68. The maximum absolute atomic E-state index is 13.6. The van der Waals surface area contributed by atoms with Crippen molar-refractivity contribution in [1.82, 2.24) is 9.78 Å². The van der Waals surface area contributed by atoms with Gasteiger partial charge in [-0.15, -0.1) is 0 Å². The highest BCUT2D eigenvalue weighted by Gasteiger charge is 2.34. The van der Waals surface area contributed by atoms with Crippen LogP contribution >= 0.6 is 0 Å². The molecule has 0 spiro atoms. The molecule has 0 aliphatic rings. The van der Waals surface area contributed by atoms with Crippen LogP contribution in [0.1, 0.15) is 49.1 Å². The molecule has 0 radical (unpaired) electrons. The van der Waals surface area contributed by atoms with Crippen LogP contribution in [0.25, 0.3) is 0 Å². The molecule has 0 saturated heterocycles. The lowest BCUT2D eigenvalue weighted by Gasteiger charge is -2.23. The minimum Gasteiger partial charge on any atom is -0.462 e. The Morgan fingerprint density at radius 1 is 0.900 bits per heavy atom. The number of rotatable bonds is 5. The van der Waals surface area contributed by atoms with Gasteiger partial charge in [-0.2, -0.15) is 5.10 Å². The summed E-state index contributed by atoms with van der Waals surface area (Å²) in [6.45, 7) is 5.42. The van der Waals surface area contributed by atoms with Crippen molar-refractivity contribution in [3.8, 4) is 0 Å². The molecule has 0 bridgehead atoms. The van der Waals surface area contributed by atoms with Gasteiger partial charge in [0.2, 0.25) is 0 Å². The van der Waals surface area contributed by atoms with Crippen LogP contribution in [0.2, 0.25) is 0 Å². The zero-order valence-corrected chi connectivity index (χ0v) is 17.4. The van der Waals surface area contributed by atoms with Crippen molar-refractivity contribution < 1.29 is 19.1 Å². The molecule has 0 N–H and O–H groups in total. The van der Waals surface area contributed by atoms with Crippen LogP contribution < -0.4 is 4.90 Å². The van der Waals surface area contributed by atoms with E-state index >= 15 is 0 Å². The van der Waals surface area contributed by atoms with Gasteiger partial charge < -0.3 is 4.74 Å². The predicted octanol–water partition coefficient (Wildman–Crippen LogP) is 3.70. The van der Waals surface area contributed by atoms with E-state index in [9.17, 15) is 14.4 Å². The molecule has 0 aliphatic carbocycles. The van der Waals surface area contributed by atoms with E-state index in [-0.39, 0.29) is 18.0 Å². The highest BCUT2D eigenvalue weighted by molar-refractivity contribution is 6.27. The fourth-order valence-electron chi connectivity index (χ4n) is 3.20. The van der Waals surface area contributed by atoms with Crippen LogP contribution in [0.3, 0.4) is 0 Å². The van der Waals surface area contributed by atoms with Crippen LogP contribution in [-0.4, -0.2) is 34.2 Å². The second-order valence-electron chi connectivity index (χ2n) is 6.80. The quantitative estimate of drug-likeness (QED) is 0.478. The van der Waals surface area contributed by atoms with Crippen LogP contribution in [0, 0.1) is 13.8 Å². The first-order chi connectivity index (χ1) is 14.4. The van der Waals surface area contributed by atoms with E-state index in [4.69, 9.17) is 4.74 Å². The molecule has 1 aromatic heterocycles. The molecule has 0 unspecified atom stereocenters. The maximum atomic E-state index is 13.6. The van der Waals surface area contributed by atoms with E-state index in [2.05, 4.69) is 5.10 Å². The fourth-order valence-corrected chi connectivity index (χ4v) is 3.20. The maximum Gasteiger partial charge on any atom is 0.343 e. The zero-order chi connectivity index (χ0) is 21.8. The van der Waals surface area contributed by atoms with Crippen LogP contribution in [-0.2, 0) is 11.8 Å². The molecular weight excluding hydrogens is 382 g/mol. The summed E-state index contributed by atoms with van der Waals surface area (Å²) in [5, 5.41) is 4.11. The van der Waals surface area contributed by atoms with Crippen molar-refractivity contribution in [2.24, 2.45) is 7.05 Å². The Bertz CT molecular complexity index is 1060. The predicted molar refractivity (Wildman–Crippen MR) is 113 cm³/mol. The van der Waals surface area contributed by atoms with Gasteiger partial charge in [-0.05, 0) is 44.0 Å². The second-order valence-corrected chi connectivity index (χ2v) is 6.80. The molecule has 2 aromatic carbocycles. The molecule has 0 saturated carbocycles. The number of hydrogen-bond acceptors (Lipinski definition) is 5. The second kappa shape index (κ2) is 8.73. The summed E-state index contributed by atoms with van der Waals surface area (Å²) in [6.07, 6.45) is 1.30. The molecule has 7 nitrogen and oxygen atoms in total. The zero-order valence-electron chi connectivity index (χ0n) is 17.4. The van der Waals surface area contributed by atoms with Crippen LogP contribution in [0.4, 0.5) is 5.82 Å². The molecule has 0 fully saturated rings. The van der Waals surface area contributed by atoms with Crippen molar-refractivity contribution in [3.05, 3.63) is 82.5 Å². The summed E-state index contributed by atoms with van der Waals surface area (Å²) in [6, 6.07) is 14.0. The van der Waals surface area contributed by atoms with Crippen LogP contribution in [0.5, 0.6) is 0 Å². The Hall–Kier alpha value is -3.74. The number of hydrogen-bond donors (Lipinski definition) is 0. The smallest absolute Gasteiger partial charge is 0.343 e. The molecule has 30 heavy (non-hydrogen) atoms. The van der Waals surface area contributed by atoms with E-state index in [1.165, 1.54) is 10.9 Å². The lowest BCUT2D eigenvalue weighted by atomic mass is 10.0. The minimum absolute atomic E-state index is 0.0446. The molecule has 0 atom stereocenters. The molecule has 154 valence electrons. The largest absolute Gasteiger partial charge is 0.462 e. The van der Waals surface area contributed by atoms with E-state index in [1.54, 1.807) is 64.2 Å². The average Bonchev–Trinajstić information content (AvgIpc) is 3.10. The standard InChI is InChI=1S/C23H23N3O4/c1-5-30-23(29)19-14-24-25(4)20(19)26(21(27)17-12-8-6-10-15(17)2)22(28)18-13-9-7-11-16(18)3/h6-14H,5H2,1-4H3. The first-order valence-corrected chi connectivity index (χ1v) is 9.56. The van der Waals surface area contributed by atoms with Gasteiger partial charge in [-0.25, -0.2) is 9.69 Å². The molecule has 3 rings (SSSR count). The van der Waals surface area contributed by atoms with Crippen LogP contribution in [0.15, 0.2) is 54.7 Å². The van der Waals surface area contributed by atoms with E-state index in [0.717, 1.165) is 4.90 Å². The summed E-state index contributed by atoms with van der Waals surface area (Å²) >= 11 is 0. The van der Waals surface area contributed by atoms with Gasteiger partial charge in [0.05, 0.1) is 12.8 Å². The van der Waals surface area contributed by atoms with Crippen molar-refractivity contribution in [2.45, 2.75) is 20.8 Å². The number of nitrogens with zero attached hydrogens (tertiary/aromatic N) is 3. The Balaban J connectivity index is 2.22. The number of imide groups is 1. The molecule has 2 amide bonds. The van der Waals surface area contributed by atoms with Crippen molar-refractivity contribution >= 4 is 23.6 Å². The number of carbonyl (C=O) groups excluding carboxylic acids is 3. The van der Waals surface area contributed by atoms with Crippen molar-refractivity contribution in [2.75, 3.05) is 11.5 Å². The monoisotopic (exact) mass is 405 g/mol. The van der Waals surface area contributed by atoms with Gasteiger partial charge in [0, 0.05) is 18.2 Å². The van der Waals surface area contributed by atoms with Gasteiger partial charge in [0.1, 0.15) is 5.56 Å². The Morgan fingerprint density at radius 3 is 1.87 bits per heavy atom. The fraction of sp³-hybridized carbons (Fsp3) is 0.217. The molecule has 7 heteroatoms. The van der Waals surface area contributed by atoms with Crippen molar-refractivity contribution in [3.63, 3.8) is 0 Å². The van der Waals surface area contributed by atoms with Gasteiger partial charge in [-0.1, -0.05) is 36.4 Å². The van der Waals surface area contributed by atoms with Gasteiger partial charge in [-0.3, -0.25) is 14.3 Å². The number of aryl methyl sites for hydroxylation is 3. The van der Waals surface area contributed by atoms with Gasteiger partial charge in [0.15, 0.2) is 5.82 Å². The Labute approximate surface area is 174 Å². The Kier molecular flexibility index (Phi) is 6.11. The summed E-state index contributed by atoms with van der Waals surface area (Å²) in [5.41, 5.74) is 2.18. The number of esters is 1. The lowest BCUT2D eigenvalue weighted by Crippen LogP contribution is -2.40. The topological polar surface area (TPSA) is 81.5 Å².